The number of Topliss-reactive ketones (excluding diaryl/α,β-unsaturated/α-hetero) is 2. The zero-order valence-electron chi connectivity index (χ0n) is 10.1. The molecule has 0 fully saturated rings. The summed E-state index contributed by atoms with van der Waals surface area (Å²) in [5.74, 6) is 1.20. The van der Waals surface area contributed by atoms with E-state index in [0.29, 0.717) is 29.1 Å². The Balaban J connectivity index is 2.62. The van der Waals surface area contributed by atoms with Gasteiger partial charge in [0.25, 0.3) is 0 Å². The molecule has 0 aromatic carbocycles. The fraction of sp³-hybridized carbons (Fsp3) is 0.538. The van der Waals surface area contributed by atoms with Crippen molar-refractivity contribution in [2.24, 2.45) is 5.41 Å². The summed E-state index contributed by atoms with van der Waals surface area (Å²) in [7, 11) is 0. The summed E-state index contributed by atoms with van der Waals surface area (Å²) in [4.78, 5) is 23.5. The van der Waals surface area contributed by atoms with Crippen LogP contribution < -0.4 is 0 Å². The number of ketones is 2. The summed E-state index contributed by atoms with van der Waals surface area (Å²) in [6.45, 7) is 7.30. The predicted molar refractivity (Wildman–Crippen MR) is 59.9 cm³/mol. The maximum atomic E-state index is 12.0. The van der Waals surface area contributed by atoms with Crippen molar-refractivity contribution in [3.63, 3.8) is 0 Å². The third kappa shape index (κ3) is 1.60. The van der Waals surface area contributed by atoms with E-state index in [9.17, 15) is 9.59 Å². The van der Waals surface area contributed by atoms with E-state index in [1.54, 1.807) is 6.92 Å². The highest BCUT2D eigenvalue weighted by Gasteiger charge is 2.37. The molecule has 1 aromatic rings. The second kappa shape index (κ2) is 3.30. The van der Waals surface area contributed by atoms with E-state index in [0.717, 1.165) is 6.42 Å². The molecule has 0 bridgehead atoms. The zero-order valence-corrected chi connectivity index (χ0v) is 10.1. The highest BCUT2D eigenvalue weighted by atomic mass is 16.3. The topological polar surface area (TPSA) is 47.3 Å². The lowest BCUT2D eigenvalue weighted by Crippen LogP contribution is -2.26. The van der Waals surface area contributed by atoms with Gasteiger partial charge in [-0.3, -0.25) is 9.59 Å². The van der Waals surface area contributed by atoms with Crippen LogP contribution in [0.5, 0.6) is 0 Å². The van der Waals surface area contributed by atoms with Gasteiger partial charge < -0.3 is 4.42 Å². The van der Waals surface area contributed by atoms with E-state index in [1.807, 2.05) is 13.8 Å². The van der Waals surface area contributed by atoms with Crippen LogP contribution in [0.15, 0.2) is 4.42 Å². The van der Waals surface area contributed by atoms with E-state index >= 15 is 0 Å². The van der Waals surface area contributed by atoms with Crippen molar-refractivity contribution >= 4 is 11.6 Å². The summed E-state index contributed by atoms with van der Waals surface area (Å²) in [5, 5.41) is 0. The van der Waals surface area contributed by atoms with Crippen molar-refractivity contribution in [1.82, 2.24) is 0 Å². The van der Waals surface area contributed by atoms with Crippen LogP contribution in [-0.4, -0.2) is 11.6 Å². The first-order valence-corrected chi connectivity index (χ1v) is 5.48. The van der Waals surface area contributed by atoms with Gasteiger partial charge in [0.05, 0.1) is 11.1 Å². The van der Waals surface area contributed by atoms with E-state index in [4.69, 9.17) is 4.42 Å². The van der Waals surface area contributed by atoms with Gasteiger partial charge in [-0.2, -0.15) is 0 Å². The molecular weight excluding hydrogens is 204 g/mol. The quantitative estimate of drug-likeness (QED) is 0.683. The predicted octanol–water partition coefficient (Wildman–Crippen LogP) is 2.95. The maximum absolute atomic E-state index is 12.0. The van der Waals surface area contributed by atoms with Crippen LogP contribution in [-0.2, 0) is 6.42 Å². The van der Waals surface area contributed by atoms with Crippen molar-refractivity contribution < 1.29 is 14.0 Å². The number of rotatable bonds is 1. The van der Waals surface area contributed by atoms with Crippen LogP contribution in [0.1, 0.15) is 59.4 Å². The Morgan fingerprint density at radius 1 is 1.31 bits per heavy atom. The average molecular weight is 220 g/mol. The van der Waals surface area contributed by atoms with Gasteiger partial charge in [-0.25, -0.2) is 0 Å². The second-order valence-corrected chi connectivity index (χ2v) is 5.33. The molecule has 1 aliphatic rings. The third-order valence-electron chi connectivity index (χ3n) is 3.07. The molecule has 0 amide bonds. The van der Waals surface area contributed by atoms with Gasteiger partial charge in [0.2, 0.25) is 0 Å². The lowest BCUT2D eigenvalue weighted by atomic mass is 9.75. The molecule has 0 saturated heterocycles. The SMILES string of the molecule is CC(=O)c1c(C)oc2c1C(=O)CC(C)(C)C2. The van der Waals surface area contributed by atoms with Crippen molar-refractivity contribution in [3.05, 3.63) is 22.6 Å². The van der Waals surface area contributed by atoms with Crippen LogP contribution in [0.2, 0.25) is 0 Å². The number of hydrogen-bond donors (Lipinski definition) is 0. The zero-order chi connectivity index (χ0) is 12.1. The Morgan fingerprint density at radius 2 is 1.94 bits per heavy atom. The molecule has 0 aliphatic heterocycles. The molecule has 2 rings (SSSR count). The highest BCUT2D eigenvalue weighted by molar-refractivity contribution is 6.10. The van der Waals surface area contributed by atoms with Crippen molar-refractivity contribution in [1.29, 1.82) is 0 Å². The van der Waals surface area contributed by atoms with Gasteiger partial charge in [0, 0.05) is 12.8 Å². The minimum atomic E-state index is -0.0874. The van der Waals surface area contributed by atoms with Gasteiger partial charge >= 0.3 is 0 Å². The van der Waals surface area contributed by atoms with E-state index in [2.05, 4.69) is 0 Å². The number of carbonyl (C=O) groups excluding carboxylic acids is 2. The van der Waals surface area contributed by atoms with Crippen molar-refractivity contribution in [3.8, 4) is 0 Å². The van der Waals surface area contributed by atoms with Crippen LogP contribution in [0.4, 0.5) is 0 Å². The Labute approximate surface area is 94.8 Å². The maximum Gasteiger partial charge on any atom is 0.167 e. The first-order valence-electron chi connectivity index (χ1n) is 5.48. The van der Waals surface area contributed by atoms with Gasteiger partial charge in [0.1, 0.15) is 11.5 Å². The second-order valence-electron chi connectivity index (χ2n) is 5.33. The van der Waals surface area contributed by atoms with E-state index in [1.165, 1.54) is 6.92 Å². The Bertz CT molecular complexity index is 478. The van der Waals surface area contributed by atoms with E-state index in [-0.39, 0.29) is 17.0 Å². The molecule has 1 heterocycles. The minimum absolute atomic E-state index is 0.0355. The van der Waals surface area contributed by atoms with Crippen molar-refractivity contribution in [2.45, 2.75) is 40.5 Å². The van der Waals surface area contributed by atoms with Crippen LogP contribution in [0.25, 0.3) is 0 Å². The largest absolute Gasteiger partial charge is 0.465 e. The lowest BCUT2D eigenvalue weighted by Gasteiger charge is -2.27. The molecule has 0 unspecified atom stereocenters. The molecule has 3 heteroatoms. The number of carbonyl (C=O) groups is 2. The highest BCUT2D eigenvalue weighted by Crippen LogP contribution is 2.38. The van der Waals surface area contributed by atoms with Crippen LogP contribution >= 0.6 is 0 Å². The summed E-state index contributed by atoms with van der Waals surface area (Å²) in [6.07, 6.45) is 1.21. The van der Waals surface area contributed by atoms with Gasteiger partial charge in [-0.15, -0.1) is 0 Å². The number of fused-ring (bicyclic) bond motifs is 1. The van der Waals surface area contributed by atoms with Crippen molar-refractivity contribution in [2.75, 3.05) is 0 Å². The number of aryl methyl sites for hydroxylation is 1. The smallest absolute Gasteiger partial charge is 0.167 e. The Kier molecular flexibility index (Phi) is 2.30. The molecule has 0 atom stereocenters. The minimum Gasteiger partial charge on any atom is -0.465 e. The standard InChI is InChI=1S/C13H16O3/c1-7(14)11-8(2)16-10-6-13(3,4)5-9(15)12(10)11/h5-6H2,1-4H3. The molecular formula is C13H16O3. The summed E-state index contributed by atoms with van der Waals surface area (Å²) < 4.78 is 5.56. The molecule has 1 aliphatic carbocycles. The normalized spacial score (nSPS) is 18.4. The molecule has 0 radical (unpaired) electrons. The lowest BCUT2D eigenvalue weighted by molar-refractivity contribution is 0.0895. The van der Waals surface area contributed by atoms with E-state index < -0.39 is 0 Å². The summed E-state index contributed by atoms with van der Waals surface area (Å²) in [6, 6.07) is 0. The Hall–Kier alpha value is -1.38. The molecule has 0 spiro atoms. The summed E-state index contributed by atoms with van der Waals surface area (Å²) in [5.41, 5.74) is 0.947. The third-order valence-corrected chi connectivity index (χ3v) is 3.07. The van der Waals surface area contributed by atoms with Gasteiger partial charge in [0.15, 0.2) is 11.6 Å². The van der Waals surface area contributed by atoms with Gasteiger partial charge in [-0.1, -0.05) is 13.8 Å². The molecule has 86 valence electrons. The number of furan rings is 1. The molecule has 0 saturated carbocycles. The molecule has 1 aromatic heterocycles. The van der Waals surface area contributed by atoms with Crippen LogP contribution in [0.3, 0.4) is 0 Å². The molecule has 3 nitrogen and oxygen atoms in total. The molecule has 16 heavy (non-hydrogen) atoms. The fourth-order valence-electron chi connectivity index (χ4n) is 2.47. The Morgan fingerprint density at radius 3 is 2.50 bits per heavy atom. The monoisotopic (exact) mass is 220 g/mol. The number of hydrogen-bond acceptors (Lipinski definition) is 3. The first-order chi connectivity index (χ1) is 7.32. The van der Waals surface area contributed by atoms with Gasteiger partial charge in [-0.05, 0) is 19.3 Å². The average Bonchev–Trinajstić information content (AvgIpc) is 2.38. The summed E-state index contributed by atoms with van der Waals surface area (Å²) >= 11 is 0. The molecule has 0 N–H and O–H groups in total. The fourth-order valence-corrected chi connectivity index (χ4v) is 2.47. The first kappa shape index (κ1) is 11.1. The van der Waals surface area contributed by atoms with Crippen LogP contribution in [0, 0.1) is 12.3 Å².